The maximum atomic E-state index is 5.61. The number of aromatic nitrogens is 1. The van der Waals surface area contributed by atoms with Gasteiger partial charge < -0.3 is 5.73 Å². The van der Waals surface area contributed by atoms with Gasteiger partial charge in [-0.15, -0.1) is 0 Å². The first-order chi connectivity index (χ1) is 7.29. The Morgan fingerprint density at radius 1 is 1.13 bits per heavy atom. The fourth-order valence-electron chi connectivity index (χ4n) is 1.59. The smallest absolute Gasteiger partial charge is 0.0346 e. The Hall–Kier alpha value is -1.67. The molecule has 0 aliphatic carbocycles. The van der Waals surface area contributed by atoms with Crippen LogP contribution in [-0.4, -0.2) is 4.98 Å². The van der Waals surface area contributed by atoms with Crippen molar-refractivity contribution in [2.24, 2.45) is 5.73 Å². The van der Waals surface area contributed by atoms with Gasteiger partial charge in [-0.2, -0.15) is 0 Å². The summed E-state index contributed by atoms with van der Waals surface area (Å²) in [4.78, 5) is 4.18. The maximum Gasteiger partial charge on any atom is 0.0346 e. The van der Waals surface area contributed by atoms with Crippen LogP contribution >= 0.6 is 0 Å². The summed E-state index contributed by atoms with van der Waals surface area (Å²) >= 11 is 0. The van der Waals surface area contributed by atoms with Crippen molar-refractivity contribution >= 4 is 0 Å². The largest absolute Gasteiger partial charge is 0.326 e. The molecule has 0 atom stereocenters. The van der Waals surface area contributed by atoms with Crippen LogP contribution in [0.5, 0.6) is 0 Å². The number of hydrogen-bond acceptors (Lipinski definition) is 2. The lowest BCUT2D eigenvalue weighted by atomic mass is 10.0. The summed E-state index contributed by atoms with van der Waals surface area (Å²) in [5.74, 6) is 0. The lowest BCUT2D eigenvalue weighted by molar-refractivity contribution is 1.07. The molecule has 0 aliphatic heterocycles. The second-order valence-electron chi connectivity index (χ2n) is 3.66. The first-order valence-corrected chi connectivity index (χ1v) is 5.00. The minimum absolute atomic E-state index is 0.576. The predicted molar refractivity (Wildman–Crippen MR) is 62.3 cm³/mol. The van der Waals surface area contributed by atoms with Crippen molar-refractivity contribution in [1.82, 2.24) is 4.98 Å². The van der Waals surface area contributed by atoms with Crippen LogP contribution in [0.15, 0.2) is 42.7 Å². The third-order valence-corrected chi connectivity index (χ3v) is 2.37. The van der Waals surface area contributed by atoms with Gasteiger partial charge >= 0.3 is 0 Å². The van der Waals surface area contributed by atoms with Gasteiger partial charge in [-0.1, -0.05) is 18.2 Å². The number of nitrogens with zero attached hydrogens (tertiary/aromatic N) is 1. The molecule has 0 radical (unpaired) electrons. The zero-order valence-electron chi connectivity index (χ0n) is 8.77. The summed E-state index contributed by atoms with van der Waals surface area (Å²) in [6.45, 7) is 2.62. The molecule has 2 rings (SSSR count). The molecule has 0 saturated heterocycles. The van der Waals surface area contributed by atoms with Crippen LogP contribution in [0.25, 0.3) is 11.1 Å². The lowest BCUT2D eigenvalue weighted by Gasteiger charge is -2.04. The van der Waals surface area contributed by atoms with Crippen LogP contribution in [0.4, 0.5) is 0 Å². The molecule has 1 heterocycles. The number of rotatable bonds is 2. The third kappa shape index (κ3) is 2.22. The van der Waals surface area contributed by atoms with Crippen LogP contribution in [0.2, 0.25) is 0 Å². The third-order valence-electron chi connectivity index (χ3n) is 2.37. The highest BCUT2D eigenvalue weighted by Crippen LogP contribution is 2.20. The second kappa shape index (κ2) is 4.24. The summed E-state index contributed by atoms with van der Waals surface area (Å²) in [5, 5.41) is 0. The summed E-state index contributed by atoms with van der Waals surface area (Å²) in [6, 6.07) is 10.4. The van der Waals surface area contributed by atoms with Crippen molar-refractivity contribution in [2.75, 3.05) is 0 Å². The topological polar surface area (TPSA) is 38.9 Å². The van der Waals surface area contributed by atoms with E-state index in [-0.39, 0.29) is 0 Å². The van der Waals surface area contributed by atoms with Gasteiger partial charge in [-0.25, -0.2) is 0 Å². The quantitative estimate of drug-likeness (QED) is 0.805. The molecule has 0 spiro atoms. The van der Waals surface area contributed by atoms with E-state index < -0.39 is 0 Å². The first kappa shape index (κ1) is 9.87. The van der Waals surface area contributed by atoms with Crippen LogP contribution in [0.1, 0.15) is 11.1 Å². The van der Waals surface area contributed by atoms with Crippen molar-refractivity contribution in [3.63, 3.8) is 0 Å². The van der Waals surface area contributed by atoms with Crippen LogP contribution in [0, 0.1) is 6.92 Å². The Balaban J connectivity index is 2.44. The number of hydrogen-bond donors (Lipinski definition) is 1. The molecule has 0 bridgehead atoms. The molecule has 76 valence electrons. The molecule has 15 heavy (non-hydrogen) atoms. The van der Waals surface area contributed by atoms with E-state index in [4.69, 9.17) is 5.73 Å². The highest BCUT2D eigenvalue weighted by atomic mass is 14.6. The number of pyridine rings is 1. The zero-order chi connectivity index (χ0) is 10.7. The molecule has 0 aliphatic rings. The summed E-state index contributed by atoms with van der Waals surface area (Å²) < 4.78 is 0. The molecule has 0 fully saturated rings. The lowest BCUT2D eigenvalue weighted by Crippen LogP contribution is -1.95. The van der Waals surface area contributed by atoms with E-state index in [1.165, 1.54) is 11.1 Å². The molecule has 1 aromatic carbocycles. The van der Waals surface area contributed by atoms with E-state index in [1.807, 2.05) is 31.5 Å². The number of benzene rings is 1. The molecule has 0 saturated carbocycles. The SMILES string of the molecule is Cc1cncc(-c2cccc(CN)c2)c1. The van der Waals surface area contributed by atoms with E-state index >= 15 is 0 Å². The molecular formula is C13H14N2. The number of nitrogens with two attached hydrogens (primary N) is 1. The highest BCUT2D eigenvalue weighted by molar-refractivity contribution is 5.63. The fraction of sp³-hybridized carbons (Fsp3) is 0.154. The average molecular weight is 198 g/mol. The van der Waals surface area contributed by atoms with Crippen molar-refractivity contribution in [3.8, 4) is 11.1 Å². The van der Waals surface area contributed by atoms with Crippen molar-refractivity contribution < 1.29 is 0 Å². The van der Waals surface area contributed by atoms with Crippen molar-refractivity contribution in [2.45, 2.75) is 13.5 Å². The first-order valence-electron chi connectivity index (χ1n) is 5.00. The number of aryl methyl sites for hydroxylation is 1. The molecule has 0 unspecified atom stereocenters. The zero-order valence-corrected chi connectivity index (χ0v) is 8.77. The Morgan fingerprint density at radius 3 is 2.73 bits per heavy atom. The summed E-state index contributed by atoms with van der Waals surface area (Å²) in [5.41, 5.74) is 10.2. The maximum absolute atomic E-state index is 5.61. The van der Waals surface area contributed by atoms with Gasteiger partial charge in [0.05, 0.1) is 0 Å². The van der Waals surface area contributed by atoms with Gasteiger partial charge in [0.25, 0.3) is 0 Å². The Kier molecular flexibility index (Phi) is 2.79. The monoisotopic (exact) mass is 198 g/mol. The minimum atomic E-state index is 0.576. The summed E-state index contributed by atoms with van der Waals surface area (Å²) in [7, 11) is 0. The van der Waals surface area contributed by atoms with E-state index in [9.17, 15) is 0 Å². The van der Waals surface area contributed by atoms with Crippen LogP contribution in [0.3, 0.4) is 0 Å². The van der Waals surface area contributed by atoms with Gasteiger partial charge in [0, 0.05) is 24.5 Å². The van der Waals surface area contributed by atoms with E-state index in [2.05, 4.69) is 23.2 Å². The van der Waals surface area contributed by atoms with Gasteiger partial charge in [0.1, 0.15) is 0 Å². The standard InChI is InChI=1S/C13H14N2/c1-10-5-13(9-15-8-10)12-4-2-3-11(6-12)7-14/h2-6,8-9H,7,14H2,1H3. The summed E-state index contributed by atoms with van der Waals surface area (Å²) in [6.07, 6.45) is 3.74. The predicted octanol–water partition coefficient (Wildman–Crippen LogP) is 2.52. The molecular weight excluding hydrogens is 184 g/mol. The highest BCUT2D eigenvalue weighted by Gasteiger charge is 1.99. The molecule has 2 aromatic rings. The van der Waals surface area contributed by atoms with Gasteiger partial charge in [0.15, 0.2) is 0 Å². The van der Waals surface area contributed by atoms with Gasteiger partial charge in [-0.3, -0.25) is 4.98 Å². The average Bonchev–Trinajstić information content (AvgIpc) is 2.29. The van der Waals surface area contributed by atoms with Crippen LogP contribution in [-0.2, 0) is 6.54 Å². The molecule has 2 N–H and O–H groups in total. The minimum Gasteiger partial charge on any atom is -0.326 e. The van der Waals surface area contributed by atoms with E-state index in [0.717, 1.165) is 11.1 Å². The molecule has 2 nitrogen and oxygen atoms in total. The fourth-order valence-corrected chi connectivity index (χ4v) is 1.59. The van der Waals surface area contributed by atoms with Gasteiger partial charge in [-0.05, 0) is 35.7 Å². The molecule has 1 aromatic heterocycles. The molecule has 0 amide bonds. The van der Waals surface area contributed by atoms with E-state index in [0.29, 0.717) is 6.54 Å². The Morgan fingerprint density at radius 2 is 2.00 bits per heavy atom. The normalized spacial score (nSPS) is 10.3. The van der Waals surface area contributed by atoms with E-state index in [1.54, 1.807) is 0 Å². The van der Waals surface area contributed by atoms with Crippen LogP contribution < -0.4 is 5.73 Å². The Bertz CT molecular complexity index is 464. The van der Waals surface area contributed by atoms with Crippen molar-refractivity contribution in [1.29, 1.82) is 0 Å². The molecule has 2 heteroatoms. The van der Waals surface area contributed by atoms with Crippen molar-refractivity contribution in [3.05, 3.63) is 53.9 Å². The Labute approximate surface area is 89.8 Å². The second-order valence-corrected chi connectivity index (χ2v) is 3.66. The van der Waals surface area contributed by atoms with Gasteiger partial charge in [0.2, 0.25) is 0 Å².